The molecule has 0 saturated carbocycles. The molecule has 1 aromatic heterocycles. The van der Waals surface area contributed by atoms with Crippen molar-refractivity contribution in [3.8, 4) is 28.1 Å². The SMILES string of the molecule is O=C(O)c1ccc(S(=O)(=O)n2cc(-c3ccc(-c4ccccc4COc4cc(C(F)(F)F)ccc4Cl)cc3)nn2)cc1. The van der Waals surface area contributed by atoms with Gasteiger partial charge in [-0.25, -0.2) is 4.79 Å². The highest BCUT2D eigenvalue weighted by Gasteiger charge is 2.31. The third kappa shape index (κ3) is 5.99. The van der Waals surface area contributed by atoms with Crippen LogP contribution in [-0.4, -0.2) is 33.9 Å². The first-order valence-electron chi connectivity index (χ1n) is 12.1. The average molecular weight is 614 g/mol. The molecule has 0 saturated heterocycles. The van der Waals surface area contributed by atoms with E-state index in [1.54, 1.807) is 36.4 Å². The second kappa shape index (κ2) is 11.3. The van der Waals surface area contributed by atoms with Crippen LogP contribution in [-0.2, 0) is 22.8 Å². The van der Waals surface area contributed by atoms with Crippen LogP contribution in [0.15, 0.2) is 102 Å². The second-order valence-electron chi connectivity index (χ2n) is 8.98. The van der Waals surface area contributed by atoms with E-state index < -0.39 is 27.7 Å². The summed E-state index contributed by atoms with van der Waals surface area (Å²) in [6, 6.07) is 21.8. The van der Waals surface area contributed by atoms with Crippen LogP contribution < -0.4 is 4.74 Å². The lowest BCUT2D eigenvalue weighted by atomic mass is 9.98. The van der Waals surface area contributed by atoms with Crippen molar-refractivity contribution in [2.45, 2.75) is 17.7 Å². The van der Waals surface area contributed by atoms with E-state index in [0.717, 1.165) is 29.3 Å². The van der Waals surface area contributed by atoms with E-state index in [1.165, 1.54) is 30.5 Å². The third-order valence-corrected chi connectivity index (χ3v) is 8.12. The van der Waals surface area contributed by atoms with Gasteiger partial charge in [0.2, 0.25) is 0 Å². The monoisotopic (exact) mass is 613 g/mol. The fourth-order valence-electron chi connectivity index (χ4n) is 4.07. The molecule has 1 N–H and O–H groups in total. The Bertz CT molecular complexity index is 1870. The van der Waals surface area contributed by atoms with Crippen LogP contribution >= 0.6 is 11.6 Å². The highest BCUT2D eigenvalue weighted by Crippen LogP contribution is 2.36. The van der Waals surface area contributed by atoms with Gasteiger partial charge >= 0.3 is 12.1 Å². The van der Waals surface area contributed by atoms with Crippen LogP contribution in [0.4, 0.5) is 13.2 Å². The molecule has 5 rings (SSSR count). The number of rotatable bonds is 8. The highest BCUT2D eigenvalue weighted by atomic mass is 35.5. The quantitative estimate of drug-likeness (QED) is 0.205. The molecular formula is C29H19ClF3N3O5S. The van der Waals surface area contributed by atoms with Gasteiger partial charge < -0.3 is 9.84 Å². The summed E-state index contributed by atoms with van der Waals surface area (Å²) >= 11 is 6.06. The summed E-state index contributed by atoms with van der Waals surface area (Å²) in [6.07, 6.45) is -3.29. The summed E-state index contributed by atoms with van der Waals surface area (Å²) in [6.45, 7) is -0.0431. The molecule has 5 aromatic rings. The van der Waals surface area contributed by atoms with Crippen molar-refractivity contribution < 1.29 is 36.2 Å². The molecule has 8 nitrogen and oxygen atoms in total. The van der Waals surface area contributed by atoms with Gasteiger partial charge in [-0.15, -0.1) is 9.19 Å². The number of nitrogens with zero attached hydrogens (tertiary/aromatic N) is 3. The van der Waals surface area contributed by atoms with E-state index in [-0.39, 0.29) is 33.5 Å². The lowest BCUT2D eigenvalue weighted by Crippen LogP contribution is -2.14. The number of aromatic nitrogens is 3. The first-order chi connectivity index (χ1) is 19.9. The Hall–Kier alpha value is -4.68. The van der Waals surface area contributed by atoms with E-state index in [0.29, 0.717) is 15.2 Å². The molecule has 13 heteroatoms. The molecule has 0 aliphatic rings. The molecule has 42 heavy (non-hydrogen) atoms. The molecule has 214 valence electrons. The second-order valence-corrected chi connectivity index (χ2v) is 11.2. The fraction of sp³-hybridized carbons (Fsp3) is 0.0690. The van der Waals surface area contributed by atoms with Gasteiger partial charge in [0.15, 0.2) is 0 Å². The number of carboxylic acids is 1. The standard InChI is InChI=1S/C29H19ClF3N3O5S/c30-25-14-11-22(29(31,32)33)15-27(25)41-17-21-3-1-2-4-24(21)18-5-7-19(8-6-18)26-16-36(35-34-26)42(39,40)23-12-9-20(10-13-23)28(37)38/h1-16H,17H2,(H,37,38). The highest BCUT2D eigenvalue weighted by molar-refractivity contribution is 7.89. The van der Waals surface area contributed by atoms with Crippen molar-refractivity contribution in [2.24, 2.45) is 0 Å². The van der Waals surface area contributed by atoms with Crippen LogP contribution in [0.2, 0.25) is 5.02 Å². The van der Waals surface area contributed by atoms with Crippen molar-refractivity contribution in [3.05, 3.63) is 119 Å². The minimum absolute atomic E-state index is 0.0431. The number of benzene rings is 4. The summed E-state index contributed by atoms with van der Waals surface area (Å²) < 4.78 is 71.6. The minimum atomic E-state index is -4.54. The first kappa shape index (κ1) is 28.8. The molecule has 1 heterocycles. The number of alkyl halides is 3. The molecule has 0 radical (unpaired) electrons. The van der Waals surface area contributed by atoms with Gasteiger partial charge in [0.1, 0.15) is 18.1 Å². The molecular weight excluding hydrogens is 595 g/mol. The van der Waals surface area contributed by atoms with Crippen LogP contribution in [0.1, 0.15) is 21.5 Å². The van der Waals surface area contributed by atoms with E-state index in [1.807, 2.05) is 12.1 Å². The third-order valence-electron chi connectivity index (χ3n) is 6.27. The minimum Gasteiger partial charge on any atom is -0.487 e. The predicted octanol–water partition coefficient (Wildman–Crippen LogP) is 6.80. The number of carbonyl (C=O) groups is 1. The van der Waals surface area contributed by atoms with E-state index >= 15 is 0 Å². The zero-order chi connectivity index (χ0) is 30.1. The Labute approximate surface area is 242 Å². The smallest absolute Gasteiger partial charge is 0.416 e. The maximum absolute atomic E-state index is 13.1. The fourth-order valence-corrected chi connectivity index (χ4v) is 5.31. The van der Waals surface area contributed by atoms with Crippen molar-refractivity contribution in [2.75, 3.05) is 0 Å². The van der Waals surface area contributed by atoms with Crippen LogP contribution in [0.5, 0.6) is 5.75 Å². The van der Waals surface area contributed by atoms with E-state index in [2.05, 4.69) is 10.3 Å². The van der Waals surface area contributed by atoms with Crippen LogP contribution in [0, 0.1) is 0 Å². The van der Waals surface area contributed by atoms with Crippen molar-refractivity contribution in [1.82, 2.24) is 14.4 Å². The zero-order valence-corrected chi connectivity index (χ0v) is 22.9. The summed E-state index contributed by atoms with van der Waals surface area (Å²) in [7, 11) is -4.10. The van der Waals surface area contributed by atoms with Gasteiger partial charge in [0.25, 0.3) is 10.0 Å². The lowest BCUT2D eigenvalue weighted by Gasteiger charge is -2.14. The molecule has 0 atom stereocenters. The zero-order valence-electron chi connectivity index (χ0n) is 21.3. The van der Waals surface area contributed by atoms with Gasteiger partial charge in [-0.1, -0.05) is 65.3 Å². The molecule has 0 aliphatic heterocycles. The largest absolute Gasteiger partial charge is 0.487 e. The number of ether oxygens (including phenoxy) is 1. The van der Waals surface area contributed by atoms with Gasteiger partial charge in [-0.05, 0) is 59.2 Å². The average Bonchev–Trinajstić information content (AvgIpc) is 3.48. The Morgan fingerprint density at radius 2 is 1.60 bits per heavy atom. The topological polar surface area (TPSA) is 111 Å². The number of hydrogen-bond donors (Lipinski definition) is 1. The van der Waals surface area contributed by atoms with Crippen molar-refractivity contribution in [3.63, 3.8) is 0 Å². The molecule has 0 aliphatic carbocycles. The number of hydrogen-bond acceptors (Lipinski definition) is 6. The Balaban J connectivity index is 1.35. The van der Waals surface area contributed by atoms with E-state index in [9.17, 15) is 26.4 Å². The van der Waals surface area contributed by atoms with E-state index in [4.69, 9.17) is 21.4 Å². The Morgan fingerprint density at radius 3 is 2.26 bits per heavy atom. The maximum atomic E-state index is 13.1. The summed E-state index contributed by atoms with van der Waals surface area (Å²) in [4.78, 5) is 10.9. The van der Waals surface area contributed by atoms with Gasteiger partial charge in [-0.3, -0.25) is 0 Å². The summed E-state index contributed by atoms with van der Waals surface area (Å²) in [5.41, 5.74) is 2.17. The summed E-state index contributed by atoms with van der Waals surface area (Å²) in [5, 5.41) is 16.8. The summed E-state index contributed by atoms with van der Waals surface area (Å²) in [5.74, 6) is -1.27. The number of halogens is 4. The van der Waals surface area contributed by atoms with Gasteiger partial charge in [0, 0.05) is 5.56 Å². The number of carboxylic acid groups (broad SMARTS) is 1. The number of aromatic carboxylic acids is 1. The molecule has 0 unspecified atom stereocenters. The van der Waals surface area contributed by atoms with Gasteiger partial charge in [0.05, 0.1) is 27.2 Å². The van der Waals surface area contributed by atoms with Crippen molar-refractivity contribution >= 4 is 27.6 Å². The molecule has 0 bridgehead atoms. The molecule has 0 spiro atoms. The molecule has 0 fully saturated rings. The van der Waals surface area contributed by atoms with Crippen LogP contribution in [0.3, 0.4) is 0 Å². The molecule has 0 amide bonds. The Kier molecular flexibility index (Phi) is 7.76. The lowest BCUT2D eigenvalue weighted by molar-refractivity contribution is -0.137. The normalized spacial score (nSPS) is 11.8. The Morgan fingerprint density at radius 1 is 0.929 bits per heavy atom. The van der Waals surface area contributed by atoms with Crippen LogP contribution in [0.25, 0.3) is 22.4 Å². The molecule has 4 aromatic carbocycles. The van der Waals surface area contributed by atoms with Gasteiger partial charge in [-0.2, -0.15) is 21.6 Å². The van der Waals surface area contributed by atoms with Crippen molar-refractivity contribution in [1.29, 1.82) is 0 Å². The maximum Gasteiger partial charge on any atom is 0.416 e. The first-order valence-corrected chi connectivity index (χ1v) is 13.9. The predicted molar refractivity (Wildman–Crippen MR) is 148 cm³/mol.